The molecule has 26 heavy (non-hydrogen) atoms. The number of esters is 1. The lowest BCUT2D eigenvalue weighted by Gasteiger charge is -2.51. The summed E-state index contributed by atoms with van der Waals surface area (Å²) in [6, 6.07) is 7.99. The zero-order chi connectivity index (χ0) is 18.6. The van der Waals surface area contributed by atoms with Crippen LogP contribution in [-0.2, 0) is 4.74 Å². The van der Waals surface area contributed by atoms with E-state index in [4.69, 9.17) is 9.47 Å². The van der Waals surface area contributed by atoms with Crippen LogP contribution in [0.4, 0.5) is 0 Å². The van der Waals surface area contributed by atoms with Gasteiger partial charge in [0.15, 0.2) is 0 Å². The van der Waals surface area contributed by atoms with Crippen LogP contribution in [-0.4, -0.2) is 49.8 Å². The predicted octanol–water partition coefficient (Wildman–Crippen LogP) is 4.29. The number of ether oxygens (including phenoxy) is 2. The van der Waals surface area contributed by atoms with E-state index in [1.165, 1.54) is 49.7 Å². The average Bonchev–Trinajstić information content (AvgIpc) is 2.64. The molecule has 4 nitrogen and oxygen atoms in total. The quantitative estimate of drug-likeness (QED) is 0.561. The molecule has 0 N–H and O–H groups in total. The molecule has 2 heterocycles. The molecule has 4 heteroatoms. The topological polar surface area (TPSA) is 35.5 Å². The summed E-state index contributed by atoms with van der Waals surface area (Å²) in [4.78, 5) is 12.4. The summed E-state index contributed by atoms with van der Waals surface area (Å²) in [7, 11) is 2.40. The Bertz CT molecular complexity index is 594. The molecule has 0 spiro atoms. The molecule has 0 saturated carbocycles. The molecule has 3 rings (SSSR count). The molecular formula is C22H34NO3+. The van der Waals surface area contributed by atoms with Crippen molar-refractivity contribution in [3.63, 3.8) is 0 Å². The van der Waals surface area contributed by atoms with Crippen LogP contribution in [0.2, 0.25) is 0 Å². The molecule has 0 bridgehead atoms. The third-order valence-electron chi connectivity index (χ3n) is 6.11. The summed E-state index contributed by atoms with van der Waals surface area (Å²) in [5.41, 5.74) is 0.610. The lowest BCUT2D eigenvalue weighted by atomic mass is 9.82. The number of hydrogen-bond donors (Lipinski definition) is 0. The van der Waals surface area contributed by atoms with E-state index in [-0.39, 0.29) is 5.97 Å². The van der Waals surface area contributed by atoms with Crippen molar-refractivity contribution >= 4 is 5.97 Å². The number of hydrogen-bond acceptors (Lipinski definition) is 3. The van der Waals surface area contributed by atoms with Gasteiger partial charge in [-0.2, -0.15) is 0 Å². The lowest BCUT2D eigenvalue weighted by Crippen LogP contribution is -2.61. The first-order valence-corrected chi connectivity index (χ1v) is 10.2. The van der Waals surface area contributed by atoms with Gasteiger partial charge >= 0.3 is 5.97 Å². The van der Waals surface area contributed by atoms with E-state index in [1.807, 2.05) is 12.1 Å². The van der Waals surface area contributed by atoms with E-state index in [9.17, 15) is 4.79 Å². The first kappa shape index (κ1) is 19.2. The Morgan fingerprint density at radius 3 is 2.58 bits per heavy atom. The van der Waals surface area contributed by atoms with Crippen LogP contribution in [0, 0.1) is 11.8 Å². The Balaban J connectivity index is 1.53. The highest BCUT2D eigenvalue weighted by Crippen LogP contribution is 2.36. The number of carbonyl (C=O) groups is 1. The van der Waals surface area contributed by atoms with E-state index in [0.29, 0.717) is 36.7 Å². The molecule has 0 aromatic heterocycles. The van der Waals surface area contributed by atoms with Crippen molar-refractivity contribution in [3.05, 3.63) is 29.8 Å². The fourth-order valence-electron chi connectivity index (χ4n) is 4.64. The van der Waals surface area contributed by atoms with Crippen LogP contribution in [0.25, 0.3) is 0 Å². The number of benzene rings is 1. The SMILES string of the molecule is CC(C)COc1ccc(C(=O)OCC2CCC[N+]3(C)CCCCC23)cc1. The number of piperidine rings is 2. The van der Waals surface area contributed by atoms with Crippen LogP contribution < -0.4 is 4.74 Å². The first-order valence-electron chi connectivity index (χ1n) is 10.2. The highest BCUT2D eigenvalue weighted by Gasteiger charge is 2.43. The van der Waals surface area contributed by atoms with Crippen LogP contribution in [0.15, 0.2) is 24.3 Å². The molecule has 0 radical (unpaired) electrons. The van der Waals surface area contributed by atoms with Crippen molar-refractivity contribution in [2.24, 2.45) is 11.8 Å². The molecule has 2 fully saturated rings. The number of fused-ring (bicyclic) bond motifs is 1. The first-order chi connectivity index (χ1) is 12.5. The van der Waals surface area contributed by atoms with E-state index in [2.05, 4.69) is 20.9 Å². The van der Waals surface area contributed by atoms with Gasteiger partial charge in [0.25, 0.3) is 0 Å². The Morgan fingerprint density at radius 1 is 1.12 bits per heavy atom. The van der Waals surface area contributed by atoms with Crippen LogP contribution in [0.3, 0.4) is 0 Å². The molecular weight excluding hydrogens is 326 g/mol. The van der Waals surface area contributed by atoms with Crippen molar-refractivity contribution in [2.45, 2.75) is 52.0 Å². The highest BCUT2D eigenvalue weighted by molar-refractivity contribution is 5.89. The van der Waals surface area contributed by atoms with Gasteiger partial charge in [-0.15, -0.1) is 0 Å². The minimum absolute atomic E-state index is 0.212. The van der Waals surface area contributed by atoms with Gasteiger partial charge in [0, 0.05) is 12.3 Å². The van der Waals surface area contributed by atoms with Gasteiger partial charge in [0.2, 0.25) is 0 Å². The van der Waals surface area contributed by atoms with Crippen LogP contribution >= 0.6 is 0 Å². The predicted molar refractivity (Wildman–Crippen MR) is 103 cm³/mol. The third kappa shape index (κ3) is 4.59. The number of nitrogens with zero attached hydrogens (tertiary/aromatic N) is 1. The van der Waals surface area contributed by atoms with Crippen LogP contribution in [0.5, 0.6) is 5.75 Å². The normalized spacial score (nSPS) is 28.5. The second-order valence-electron chi connectivity index (χ2n) is 8.72. The van der Waals surface area contributed by atoms with Gasteiger partial charge in [-0.05, 0) is 55.9 Å². The zero-order valence-corrected chi connectivity index (χ0v) is 16.6. The average molecular weight is 361 g/mol. The van der Waals surface area contributed by atoms with Crippen molar-refractivity contribution in [1.82, 2.24) is 0 Å². The third-order valence-corrected chi connectivity index (χ3v) is 6.11. The van der Waals surface area contributed by atoms with Gasteiger partial charge in [-0.3, -0.25) is 0 Å². The monoisotopic (exact) mass is 360 g/mol. The standard InChI is InChI=1S/C22H34NO3/c1-17(2)15-25-20-11-9-18(10-12-20)22(24)26-16-19-7-6-14-23(3)13-5-4-8-21(19)23/h9-12,17,19,21H,4-8,13-16H2,1-3H3/q+1. The summed E-state index contributed by atoms with van der Waals surface area (Å²) in [5, 5.41) is 0. The lowest BCUT2D eigenvalue weighted by molar-refractivity contribution is -0.947. The summed E-state index contributed by atoms with van der Waals surface area (Å²) in [6.07, 6.45) is 6.37. The number of carbonyl (C=O) groups excluding carboxylic acids is 1. The second-order valence-corrected chi connectivity index (χ2v) is 8.72. The minimum Gasteiger partial charge on any atom is -0.493 e. The van der Waals surface area contributed by atoms with Gasteiger partial charge in [-0.1, -0.05) is 13.8 Å². The Kier molecular flexibility index (Phi) is 6.23. The largest absolute Gasteiger partial charge is 0.493 e. The molecule has 2 aliphatic heterocycles. The molecule has 1 aromatic rings. The zero-order valence-electron chi connectivity index (χ0n) is 16.6. The molecule has 3 unspecified atom stereocenters. The maximum absolute atomic E-state index is 12.4. The van der Waals surface area contributed by atoms with Crippen molar-refractivity contribution in [3.8, 4) is 5.75 Å². The van der Waals surface area contributed by atoms with Gasteiger partial charge in [-0.25, -0.2) is 4.79 Å². The Hall–Kier alpha value is -1.55. The number of quaternary nitrogens is 1. The highest BCUT2D eigenvalue weighted by atomic mass is 16.5. The van der Waals surface area contributed by atoms with E-state index < -0.39 is 0 Å². The van der Waals surface area contributed by atoms with Gasteiger partial charge in [0.1, 0.15) is 12.4 Å². The summed E-state index contributed by atoms with van der Waals surface area (Å²) in [5.74, 6) is 1.58. The summed E-state index contributed by atoms with van der Waals surface area (Å²) < 4.78 is 12.6. The maximum Gasteiger partial charge on any atom is 0.338 e. The fraction of sp³-hybridized carbons (Fsp3) is 0.682. The molecule has 2 saturated heterocycles. The smallest absolute Gasteiger partial charge is 0.338 e. The van der Waals surface area contributed by atoms with E-state index >= 15 is 0 Å². The maximum atomic E-state index is 12.4. The number of rotatable bonds is 6. The Morgan fingerprint density at radius 2 is 1.85 bits per heavy atom. The van der Waals surface area contributed by atoms with Gasteiger partial charge < -0.3 is 14.0 Å². The van der Waals surface area contributed by atoms with Crippen molar-refractivity contribution < 1.29 is 18.8 Å². The van der Waals surface area contributed by atoms with E-state index in [1.54, 1.807) is 12.1 Å². The fourth-order valence-corrected chi connectivity index (χ4v) is 4.64. The molecule has 2 aliphatic rings. The van der Waals surface area contributed by atoms with Crippen molar-refractivity contribution in [2.75, 3.05) is 33.4 Å². The molecule has 0 aliphatic carbocycles. The van der Waals surface area contributed by atoms with Crippen molar-refractivity contribution in [1.29, 1.82) is 0 Å². The summed E-state index contributed by atoms with van der Waals surface area (Å²) >= 11 is 0. The molecule has 0 amide bonds. The summed E-state index contributed by atoms with van der Waals surface area (Å²) in [6.45, 7) is 8.05. The molecule has 3 atom stereocenters. The second kappa shape index (κ2) is 8.43. The van der Waals surface area contributed by atoms with Crippen LogP contribution in [0.1, 0.15) is 56.3 Å². The Labute approximate surface area is 158 Å². The van der Waals surface area contributed by atoms with E-state index in [0.717, 1.165) is 5.75 Å². The molecule has 1 aromatic carbocycles. The minimum atomic E-state index is -0.212. The molecule has 144 valence electrons. The van der Waals surface area contributed by atoms with Gasteiger partial charge in [0.05, 0.1) is 38.3 Å².